The molecule has 3 N–H and O–H groups in total. The molecule has 5 nitrogen and oxygen atoms in total. The monoisotopic (exact) mass is 228 g/mol. The van der Waals surface area contributed by atoms with Crippen LogP contribution in [-0.4, -0.2) is 43.9 Å². The van der Waals surface area contributed by atoms with Gasteiger partial charge in [-0.3, -0.25) is 4.79 Å². The SMILES string of the molecule is CCCOCC(=O)NC1C(N)C2CCOC21. The molecule has 2 rings (SSSR count). The van der Waals surface area contributed by atoms with Crippen LogP contribution in [0.2, 0.25) is 0 Å². The lowest BCUT2D eigenvalue weighted by atomic mass is 9.72. The summed E-state index contributed by atoms with van der Waals surface area (Å²) in [6.45, 7) is 3.51. The van der Waals surface area contributed by atoms with E-state index in [1.807, 2.05) is 6.92 Å². The van der Waals surface area contributed by atoms with Crippen molar-refractivity contribution in [2.24, 2.45) is 11.7 Å². The fourth-order valence-corrected chi connectivity index (χ4v) is 2.46. The molecule has 92 valence electrons. The molecule has 16 heavy (non-hydrogen) atoms. The molecular weight excluding hydrogens is 208 g/mol. The quantitative estimate of drug-likeness (QED) is 0.630. The summed E-state index contributed by atoms with van der Waals surface area (Å²) in [5.74, 6) is 0.338. The van der Waals surface area contributed by atoms with Crippen LogP contribution >= 0.6 is 0 Å². The van der Waals surface area contributed by atoms with Gasteiger partial charge in [-0.05, 0) is 12.8 Å². The van der Waals surface area contributed by atoms with Crippen molar-refractivity contribution in [3.63, 3.8) is 0 Å². The van der Waals surface area contributed by atoms with Gasteiger partial charge in [0, 0.05) is 25.2 Å². The third-order valence-electron chi connectivity index (χ3n) is 3.36. The number of carbonyl (C=O) groups is 1. The fraction of sp³-hybridized carbons (Fsp3) is 0.909. The zero-order valence-corrected chi connectivity index (χ0v) is 9.65. The number of carbonyl (C=O) groups excluding carboxylic acids is 1. The van der Waals surface area contributed by atoms with E-state index in [1.54, 1.807) is 0 Å². The average Bonchev–Trinajstić information content (AvgIpc) is 2.71. The summed E-state index contributed by atoms with van der Waals surface area (Å²) in [5, 5.41) is 2.88. The second kappa shape index (κ2) is 5.12. The number of nitrogens with one attached hydrogen (secondary N) is 1. The van der Waals surface area contributed by atoms with E-state index >= 15 is 0 Å². The van der Waals surface area contributed by atoms with Crippen molar-refractivity contribution in [2.75, 3.05) is 19.8 Å². The van der Waals surface area contributed by atoms with Gasteiger partial charge >= 0.3 is 0 Å². The molecule has 0 spiro atoms. The predicted molar refractivity (Wildman–Crippen MR) is 58.9 cm³/mol. The zero-order chi connectivity index (χ0) is 11.5. The van der Waals surface area contributed by atoms with Gasteiger partial charge in [-0.25, -0.2) is 0 Å². The van der Waals surface area contributed by atoms with E-state index in [1.165, 1.54) is 0 Å². The van der Waals surface area contributed by atoms with E-state index in [0.29, 0.717) is 12.5 Å². The minimum absolute atomic E-state index is 0.0229. The molecule has 0 aromatic rings. The highest BCUT2D eigenvalue weighted by atomic mass is 16.5. The van der Waals surface area contributed by atoms with Crippen LogP contribution in [0.5, 0.6) is 0 Å². The third-order valence-corrected chi connectivity index (χ3v) is 3.36. The summed E-state index contributed by atoms with van der Waals surface area (Å²) in [6, 6.07) is 0.0212. The van der Waals surface area contributed by atoms with Crippen molar-refractivity contribution in [3.8, 4) is 0 Å². The molecule has 2 fully saturated rings. The van der Waals surface area contributed by atoms with E-state index in [-0.39, 0.29) is 30.7 Å². The second-order valence-electron chi connectivity index (χ2n) is 4.51. The molecule has 1 saturated carbocycles. The number of hydrogen-bond donors (Lipinski definition) is 2. The largest absolute Gasteiger partial charge is 0.376 e. The molecular formula is C11H20N2O3. The van der Waals surface area contributed by atoms with Gasteiger partial charge in [0.1, 0.15) is 6.61 Å². The number of rotatable bonds is 5. The maximum absolute atomic E-state index is 11.5. The summed E-state index contributed by atoms with van der Waals surface area (Å²) < 4.78 is 10.7. The van der Waals surface area contributed by atoms with E-state index in [4.69, 9.17) is 15.2 Å². The van der Waals surface area contributed by atoms with Gasteiger partial charge in [-0.15, -0.1) is 0 Å². The Hall–Kier alpha value is -0.650. The molecule has 0 bridgehead atoms. The van der Waals surface area contributed by atoms with Gasteiger partial charge in [0.15, 0.2) is 0 Å². The first kappa shape index (κ1) is 11.8. The molecule has 5 heteroatoms. The summed E-state index contributed by atoms with van der Waals surface area (Å²) in [5.41, 5.74) is 5.98. The van der Waals surface area contributed by atoms with Crippen molar-refractivity contribution in [2.45, 2.75) is 38.0 Å². The van der Waals surface area contributed by atoms with Gasteiger partial charge in [-0.1, -0.05) is 6.92 Å². The molecule has 1 aliphatic carbocycles. The molecule has 1 aliphatic heterocycles. The van der Waals surface area contributed by atoms with Gasteiger partial charge < -0.3 is 20.5 Å². The van der Waals surface area contributed by atoms with Crippen molar-refractivity contribution in [1.29, 1.82) is 0 Å². The van der Waals surface area contributed by atoms with Crippen LogP contribution in [0.4, 0.5) is 0 Å². The van der Waals surface area contributed by atoms with Crippen molar-refractivity contribution in [1.82, 2.24) is 5.32 Å². The van der Waals surface area contributed by atoms with E-state index in [2.05, 4.69) is 5.32 Å². The summed E-state index contributed by atoms with van der Waals surface area (Å²) in [4.78, 5) is 11.5. The Morgan fingerprint density at radius 3 is 3.19 bits per heavy atom. The van der Waals surface area contributed by atoms with Gasteiger partial charge in [0.2, 0.25) is 5.91 Å². The van der Waals surface area contributed by atoms with Gasteiger partial charge in [0.05, 0.1) is 12.1 Å². The Balaban J connectivity index is 1.71. The van der Waals surface area contributed by atoms with Crippen LogP contribution in [0.1, 0.15) is 19.8 Å². The fourth-order valence-electron chi connectivity index (χ4n) is 2.46. The van der Waals surface area contributed by atoms with Gasteiger partial charge in [-0.2, -0.15) is 0 Å². The topological polar surface area (TPSA) is 73.6 Å². The highest BCUT2D eigenvalue weighted by Gasteiger charge is 2.52. The number of nitrogens with two attached hydrogens (primary N) is 1. The van der Waals surface area contributed by atoms with Crippen molar-refractivity contribution < 1.29 is 14.3 Å². The maximum Gasteiger partial charge on any atom is 0.246 e. The molecule has 1 heterocycles. The number of amides is 1. The molecule has 0 radical (unpaired) electrons. The van der Waals surface area contributed by atoms with Crippen LogP contribution in [0.3, 0.4) is 0 Å². The molecule has 4 atom stereocenters. The van der Waals surface area contributed by atoms with Crippen LogP contribution in [0.25, 0.3) is 0 Å². The Bertz CT molecular complexity index is 260. The highest BCUT2D eigenvalue weighted by molar-refractivity contribution is 5.77. The average molecular weight is 228 g/mol. The predicted octanol–water partition coefficient (Wildman–Crippen LogP) is -0.356. The number of ether oxygens (including phenoxy) is 2. The standard InChI is InChI=1S/C11H20N2O3/c1-2-4-15-6-8(14)13-10-9(12)7-3-5-16-11(7)10/h7,9-11H,2-6,12H2,1H3,(H,13,14). The molecule has 4 unspecified atom stereocenters. The molecule has 0 aromatic heterocycles. The lowest BCUT2D eigenvalue weighted by Gasteiger charge is -2.45. The minimum Gasteiger partial charge on any atom is -0.376 e. The maximum atomic E-state index is 11.5. The smallest absolute Gasteiger partial charge is 0.246 e. The van der Waals surface area contributed by atoms with Crippen LogP contribution < -0.4 is 11.1 Å². The Kier molecular flexibility index (Phi) is 3.78. The first-order valence-corrected chi connectivity index (χ1v) is 5.98. The zero-order valence-electron chi connectivity index (χ0n) is 9.65. The van der Waals surface area contributed by atoms with Crippen LogP contribution in [0.15, 0.2) is 0 Å². The third kappa shape index (κ3) is 2.21. The Morgan fingerprint density at radius 1 is 1.62 bits per heavy atom. The van der Waals surface area contributed by atoms with Crippen molar-refractivity contribution in [3.05, 3.63) is 0 Å². The lowest BCUT2D eigenvalue weighted by Crippen LogP contribution is -2.69. The summed E-state index contributed by atoms with van der Waals surface area (Å²) >= 11 is 0. The molecule has 1 amide bonds. The number of fused-ring (bicyclic) bond motifs is 1. The second-order valence-corrected chi connectivity index (χ2v) is 4.51. The summed E-state index contributed by atoms with van der Waals surface area (Å²) in [6.07, 6.45) is 2.07. The van der Waals surface area contributed by atoms with E-state index in [9.17, 15) is 4.79 Å². The van der Waals surface area contributed by atoms with Crippen molar-refractivity contribution >= 4 is 5.91 Å². The molecule has 0 aromatic carbocycles. The first-order valence-electron chi connectivity index (χ1n) is 5.98. The lowest BCUT2D eigenvalue weighted by molar-refractivity contribution is -0.130. The molecule has 1 saturated heterocycles. The Labute approximate surface area is 95.7 Å². The summed E-state index contributed by atoms with van der Waals surface area (Å²) in [7, 11) is 0. The van der Waals surface area contributed by atoms with Gasteiger partial charge in [0.25, 0.3) is 0 Å². The van der Waals surface area contributed by atoms with E-state index in [0.717, 1.165) is 19.4 Å². The molecule has 2 aliphatic rings. The highest BCUT2D eigenvalue weighted by Crippen LogP contribution is 2.37. The van der Waals surface area contributed by atoms with Crippen LogP contribution in [-0.2, 0) is 14.3 Å². The van der Waals surface area contributed by atoms with E-state index < -0.39 is 0 Å². The normalized spacial score (nSPS) is 36.6. The minimum atomic E-state index is -0.0946. The van der Waals surface area contributed by atoms with Crippen LogP contribution in [0, 0.1) is 5.92 Å². The first-order chi connectivity index (χ1) is 7.74. The Morgan fingerprint density at radius 2 is 2.44 bits per heavy atom. The number of hydrogen-bond acceptors (Lipinski definition) is 4.